The Morgan fingerprint density at radius 3 is 3.00 bits per heavy atom. The zero-order valence-electron chi connectivity index (χ0n) is 8.09. The zero-order valence-corrected chi connectivity index (χ0v) is 9.68. The van der Waals surface area contributed by atoms with Crippen molar-refractivity contribution in [3.8, 4) is 0 Å². The van der Waals surface area contributed by atoms with Crippen molar-refractivity contribution in [1.82, 2.24) is 0 Å². The molecular formula is C10H17BrO2. The van der Waals surface area contributed by atoms with E-state index in [4.69, 9.17) is 9.47 Å². The molecule has 1 rings (SSSR count). The van der Waals surface area contributed by atoms with Gasteiger partial charge in [-0.1, -0.05) is 22.5 Å². The summed E-state index contributed by atoms with van der Waals surface area (Å²) in [5, 5.41) is 0.793. The van der Waals surface area contributed by atoms with Crippen molar-refractivity contribution in [2.45, 2.75) is 38.6 Å². The average molecular weight is 249 g/mol. The van der Waals surface area contributed by atoms with Crippen molar-refractivity contribution in [3.63, 3.8) is 0 Å². The maximum absolute atomic E-state index is 5.69. The van der Waals surface area contributed by atoms with Crippen molar-refractivity contribution in [2.75, 3.05) is 11.9 Å². The van der Waals surface area contributed by atoms with Gasteiger partial charge in [0, 0.05) is 11.9 Å². The Labute approximate surface area is 88.4 Å². The number of hydrogen-bond acceptors (Lipinski definition) is 2. The normalized spacial score (nSPS) is 25.5. The number of hydrogen-bond donors (Lipinski definition) is 0. The molecule has 3 heteroatoms. The van der Waals surface area contributed by atoms with Crippen LogP contribution in [-0.4, -0.2) is 24.3 Å². The highest BCUT2D eigenvalue weighted by Crippen LogP contribution is 2.18. The standard InChI is InChI=1S/C10H17BrO2/c1-8(7-11)9(2)13-10-5-3-4-6-12-10/h9-10H,1,3-7H2,2H3/t9-,10?/m0/s1. The molecule has 13 heavy (non-hydrogen) atoms. The Morgan fingerprint density at radius 1 is 1.69 bits per heavy atom. The Balaban J connectivity index is 2.25. The largest absolute Gasteiger partial charge is 0.353 e. The Kier molecular flexibility index (Phi) is 4.99. The summed E-state index contributed by atoms with van der Waals surface area (Å²) in [6.45, 7) is 6.76. The molecule has 0 aromatic carbocycles. The minimum Gasteiger partial charge on any atom is -0.353 e. The van der Waals surface area contributed by atoms with E-state index in [0.29, 0.717) is 0 Å². The average Bonchev–Trinajstić information content (AvgIpc) is 2.18. The fourth-order valence-corrected chi connectivity index (χ4v) is 1.71. The second-order valence-electron chi connectivity index (χ2n) is 3.37. The summed E-state index contributed by atoms with van der Waals surface area (Å²) in [5.74, 6) is 0. The summed E-state index contributed by atoms with van der Waals surface area (Å²) in [6, 6.07) is 0. The van der Waals surface area contributed by atoms with E-state index in [1.165, 1.54) is 6.42 Å². The summed E-state index contributed by atoms with van der Waals surface area (Å²) >= 11 is 3.36. The highest BCUT2D eigenvalue weighted by Gasteiger charge is 2.17. The van der Waals surface area contributed by atoms with Gasteiger partial charge in [-0.05, 0) is 31.8 Å². The molecule has 0 aromatic rings. The number of alkyl halides is 1. The Hall–Kier alpha value is 0.140. The van der Waals surface area contributed by atoms with Crippen LogP contribution in [0, 0.1) is 0 Å². The molecule has 2 nitrogen and oxygen atoms in total. The molecule has 0 spiro atoms. The van der Waals surface area contributed by atoms with Gasteiger partial charge in [0.25, 0.3) is 0 Å². The van der Waals surface area contributed by atoms with Gasteiger partial charge < -0.3 is 9.47 Å². The third-order valence-corrected chi connectivity index (χ3v) is 2.96. The second-order valence-corrected chi connectivity index (χ2v) is 3.93. The molecule has 1 unspecified atom stereocenters. The minimum atomic E-state index is -0.0143. The number of ether oxygens (including phenoxy) is 2. The van der Waals surface area contributed by atoms with Crippen molar-refractivity contribution >= 4 is 15.9 Å². The zero-order chi connectivity index (χ0) is 9.68. The van der Waals surface area contributed by atoms with Gasteiger partial charge in [-0.2, -0.15) is 0 Å². The smallest absolute Gasteiger partial charge is 0.158 e. The molecule has 1 aliphatic heterocycles. The molecule has 0 radical (unpaired) electrons. The third kappa shape index (κ3) is 3.79. The number of halogens is 1. The van der Waals surface area contributed by atoms with Crippen LogP contribution in [0.1, 0.15) is 26.2 Å². The molecule has 76 valence electrons. The van der Waals surface area contributed by atoms with Gasteiger partial charge >= 0.3 is 0 Å². The number of rotatable bonds is 4. The van der Waals surface area contributed by atoms with E-state index in [9.17, 15) is 0 Å². The topological polar surface area (TPSA) is 18.5 Å². The quantitative estimate of drug-likeness (QED) is 0.563. The third-order valence-electron chi connectivity index (χ3n) is 2.24. The van der Waals surface area contributed by atoms with Gasteiger partial charge in [-0.3, -0.25) is 0 Å². The molecule has 0 bridgehead atoms. The van der Waals surface area contributed by atoms with Crippen molar-refractivity contribution < 1.29 is 9.47 Å². The Morgan fingerprint density at radius 2 is 2.46 bits per heavy atom. The summed E-state index contributed by atoms with van der Waals surface area (Å²) in [6.07, 6.45) is 3.45. The molecule has 2 atom stereocenters. The molecule has 0 amide bonds. The van der Waals surface area contributed by atoms with Crippen LogP contribution in [0.3, 0.4) is 0 Å². The van der Waals surface area contributed by atoms with Gasteiger partial charge in [-0.25, -0.2) is 0 Å². The van der Waals surface area contributed by atoms with Crippen molar-refractivity contribution in [2.24, 2.45) is 0 Å². The maximum atomic E-state index is 5.69. The van der Waals surface area contributed by atoms with E-state index < -0.39 is 0 Å². The van der Waals surface area contributed by atoms with Gasteiger partial charge in [-0.15, -0.1) is 0 Å². The summed E-state index contributed by atoms with van der Waals surface area (Å²) in [5.41, 5.74) is 1.06. The van der Waals surface area contributed by atoms with Crippen LogP contribution in [0.25, 0.3) is 0 Å². The Bertz CT molecular complexity index is 164. The van der Waals surface area contributed by atoms with Crippen LogP contribution in [0.5, 0.6) is 0 Å². The first-order chi connectivity index (χ1) is 6.24. The lowest BCUT2D eigenvalue weighted by Crippen LogP contribution is -2.27. The molecule has 1 saturated heterocycles. The van der Waals surface area contributed by atoms with Gasteiger partial charge in [0.05, 0.1) is 6.10 Å². The molecular weight excluding hydrogens is 232 g/mol. The molecule has 1 aliphatic rings. The first-order valence-corrected chi connectivity index (χ1v) is 5.87. The van der Waals surface area contributed by atoms with E-state index in [0.717, 1.165) is 30.4 Å². The first-order valence-electron chi connectivity index (χ1n) is 4.74. The van der Waals surface area contributed by atoms with Crippen LogP contribution >= 0.6 is 15.9 Å². The monoisotopic (exact) mass is 248 g/mol. The predicted octanol–water partition coefficient (Wildman–Crippen LogP) is 2.87. The minimum absolute atomic E-state index is 0.0143. The second kappa shape index (κ2) is 5.78. The molecule has 0 aliphatic carbocycles. The lowest BCUT2D eigenvalue weighted by atomic mass is 10.2. The van der Waals surface area contributed by atoms with Crippen LogP contribution in [0.4, 0.5) is 0 Å². The SMILES string of the molecule is C=C(CBr)[C@H](C)OC1CCCCO1. The maximum Gasteiger partial charge on any atom is 0.158 e. The lowest BCUT2D eigenvalue weighted by Gasteiger charge is -2.26. The first kappa shape index (κ1) is 11.2. The fourth-order valence-electron chi connectivity index (χ4n) is 1.25. The fraction of sp³-hybridized carbons (Fsp3) is 0.800. The van der Waals surface area contributed by atoms with E-state index in [1.54, 1.807) is 0 Å². The van der Waals surface area contributed by atoms with Gasteiger partial charge in [0.2, 0.25) is 0 Å². The van der Waals surface area contributed by atoms with Gasteiger partial charge in [0.15, 0.2) is 6.29 Å². The van der Waals surface area contributed by atoms with E-state index in [1.807, 2.05) is 6.92 Å². The van der Waals surface area contributed by atoms with Gasteiger partial charge in [0.1, 0.15) is 0 Å². The molecule has 0 aromatic heterocycles. The van der Waals surface area contributed by atoms with Crippen molar-refractivity contribution in [1.29, 1.82) is 0 Å². The van der Waals surface area contributed by atoms with E-state index >= 15 is 0 Å². The predicted molar refractivity (Wildman–Crippen MR) is 57.1 cm³/mol. The van der Waals surface area contributed by atoms with Crippen LogP contribution in [0.2, 0.25) is 0 Å². The van der Waals surface area contributed by atoms with E-state index in [-0.39, 0.29) is 12.4 Å². The molecule has 1 heterocycles. The van der Waals surface area contributed by atoms with Crippen LogP contribution < -0.4 is 0 Å². The molecule has 1 fully saturated rings. The summed E-state index contributed by atoms with van der Waals surface area (Å²) in [4.78, 5) is 0. The highest BCUT2D eigenvalue weighted by molar-refractivity contribution is 9.09. The van der Waals surface area contributed by atoms with Crippen LogP contribution in [-0.2, 0) is 9.47 Å². The van der Waals surface area contributed by atoms with Crippen LogP contribution in [0.15, 0.2) is 12.2 Å². The molecule has 0 saturated carbocycles. The summed E-state index contributed by atoms with van der Waals surface area (Å²) in [7, 11) is 0. The highest BCUT2D eigenvalue weighted by atomic mass is 79.9. The lowest BCUT2D eigenvalue weighted by molar-refractivity contribution is -0.176. The van der Waals surface area contributed by atoms with E-state index in [2.05, 4.69) is 22.5 Å². The van der Waals surface area contributed by atoms with Crippen molar-refractivity contribution in [3.05, 3.63) is 12.2 Å². The molecule has 0 N–H and O–H groups in total. The summed E-state index contributed by atoms with van der Waals surface area (Å²) < 4.78 is 11.2.